The zero-order chi connectivity index (χ0) is 14.3. The van der Waals surface area contributed by atoms with Crippen LogP contribution in [-0.2, 0) is 0 Å². The number of nitrogens with one attached hydrogen (secondary N) is 1. The molecule has 5 nitrogen and oxygen atoms in total. The molecule has 106 valence electrons. The Kier molecular flexibility index (Phi) is 6.15. The third-order valence-electron chi connectivity index (χ3n) is 2.51. The molecule has 0 atom stereocenters. The van der Waals surface area contributed by atoms with Crippen LogP contribution in [0.15, 0.2) is 24.3 Å². The number of aliphatic hydroxyl groups is 1. The number of carbonyl (C=O) groups is 1. The summed E-state index contributed by atoms with van der Waals surface area (Å²) in [5, 5.41) is 11.5. The van der Waals surface area contributed by atoms with Crippen LogP contribution >= 0.6 is 0 Å². The third-order valence-corrected chi connectivity index (χ3v) is 2.51. The van der Waals surface area contributed by atoms with E-state index in [4.69, 9.17) is 9.84 Å². The summed E-state index contributed by atoms with van der Waals surface area (Å²) in [4.78, 5) is 13.4. The summed E-state index contributed by atoms with van der Waals surface area (Å²) in [5.41, 5.74) is 0.799. The summed E-state index contributed by atoms with van der Waals surface area (Å²) >= 11 is 0. The molecule has 0 fully saturated rings. The molecule has 19 heavy (non-hydrogen) atoms. The molecule has 0 radical (unpaired) electrons. The molecular weight excluding hydrogens is 244 g/mol. The lowest BCUT2D eigenvalue weighted by molar-refractivity contribution is 0.233. The van der Waals surface area contributed by atoms with Gasteiger partial charge in [-0.15, -0.1) is 0 Å². The van der Waals surface area contributed by atoms with Gasteiger partial charge in [-0.25, -0.2) is 4.79 Å². The summed E-state index contributed by atoms with van der Waals surface area (Å²) in [5.74, 6) is 0.731. The van der Waals surface area contributed by atoms with Gasteiger partial charge in [-0.2, -0.15) is 0 Å². The summed E-state index contributed by atoms with van der Waals surface area (Å²) in [7, 11) is 1.72. The number of amides is 2. The second-order valence-corrected chi connectivity index (χ2v) is 4.58. The molecule has 0 aliphatic rings. The largest absolute Gasteiger partial charge is 0.494 e. The molecule has 1 rings (SSSR count). The SMILES string of the molecule is CC(C)NC(=O)N(C)c1ccc(OCCCO)cc1. The van der Waals surface area contributed by atoms with Gasteiger partial charge >= 0.3 is 6.03 Å². The van der Waals surface area contributed by atoms with E-state index in [2.05, 4.69) is 5.32 Å². The molecule has 1 aromatic rings. The van der Waals surface area contributed by atoms with E-state index in [0.717, 1.165) is 11.4 Å². The van der Waals surface area contributed by atoms with Crippen LogP contribution < -0.4 is 15.0 Å². The lowest BCUT2D eigenvalue weighted by atomic mass is 10.3. The number of carbonyl (C=O) groups excluding carboxylic acids is 1. The average Bonchev–Trinajstić information content (AvgIpc) is 2.38. The number of urea groups is 1. The van der Waals surface area contributed by atoms with E-state index >= 15 is 0 Å². The number of nitrogens with zero attached hydrogens (tertiary/aromatic N) is 1. The maximum Gasteiger partial charge on any atom is 0.321 e. The first kappa shape index (κ1) is 15.3. The molecule has 0 saturated heterocycles. The summed E-state index contributed by atoms with van der Waals surface area (Å²) in [6, 6.07) is 7.25. The van der Waals surface area contributed by atoms with Gasteiger partial charge in [-0.3, -0.25) is 4.90 Å². The first-order valence-electron chi connectivity index (χ1n) is 6.42. The minimum atomic E-state index is -0.135. The van der Waals surface area contributed by atoms with E-state index in [1.165, 1.54) is 0 Å². The van der Waals surface area contributed by atoms with Crippen molar-refractivity contribution in [3.05, 3.63) is 24.3 Å². The van der Waals surface area contributed by atoms with Gasteiger partial charge in [0, 0.05) is 31.8 Å². The monoisotopic (exact) mass is 266 g/mol. The van der Waals surface area contributed by atoms with Gasteiger partial charge < -0.3 is 15.2 Å². The summed E-state index contributed by atoms with van der Waals surface area (Å²) < 4.78 is 5.43. The second kappa shape index (κ2) is 7.63. The molecule has 2 N–H and O–H groups in total. The third kappa shape index (κ3) is 5.18. The van der Waals surface area contributed by atoms with Gasteiger partial charge in [0.15, 0.2) is 0 Å². The molecule has 0 aliphatic heterocycles. The highest BCUT2D eigenvalue weighted by atomic mass is 16.5. The molecule has 0 aliphatic carbocycles. The van der Waals surface area contributed by atoms with E-state index in [0.29, 0.717) is 13.0 Å². The van der Waals surface area contributed by atoms with Crippen LogP contribution in [0.2, 0.25) is 0 Å². The number of hydrogen-bond acceptors (Lipinski definition) is 3. The van der Waals surface area contributed by atoms with Crippen LogP contribution in [0, 0.1) is 0 Å². The molecule has 0 bridgehead atoms. The van der Waals surface area contributed by atoms with E-state index in [1.807, 2.05) is 38.1 Å². The number of ether oxygens (including phenoxy) is 1. The van der Waals surface area contributed by atoms with Crippen LogP contribution in [0.4, 0.5) is 10.5 Å². The molecule has 2 amide bonds. The number of aliphatic hydroxyl groups excluding tert-OH is 1. The zero-order valence-corrected chi connectivity index (χ0v) is 11.7. The Balaban J connectivity index is 2.57. The van der Waals surface area contributed by atoms with E-state index in [-0.39, 0.29) is 18.7 Å². The Morgan fingerprint density at radius 2 is 2.00 bits per heavy atom. The van der Waals surface area contributed by atoms with Crippen molar-refractivity contribution in [3.63, 3.8) is 0 Å². The fourth-order valence-electron chi connectivity index (χ4n) is 1.48. The molecule has 0 spiro atoms. The number of benzene rings is 1. The van der Waals surface area contributed by atoms with Gasteiger partial charge in [0.25, 0.3) is 0 Å². The van der Waals surface area contributed by atoms with Gasteiger partial charge in [-0.05, 0) is 38.1 Å². The van der Waals surface area contributed by atoms with Crippen molar-refractivity contribution in [2.45, 2.75) is 26.3 Å². The van der Waals surface area contributed by atoms with Gasteiger partial charge in [0.2, 0.25) is 0 Å². The highest BCUT2D eigenvalue weighted by Crippen LogP contribution is 2.18. The van der Waals surface area contributed by atoms with Crippen molar-refractivity contribution in [2.24, 2.45) is 0 Å². The highest BCUT2D eigenvalue weighted by molar-refractivity contribution is 5.91. The van der Waals surface area contributed by atoms with E-state index in [1.54, 1.807) is 11.9 Å². The van der Waals surface area contributed by atoms with Crippen molar-refractivity contribution in [2.75, 3.05) is 25.2 Å². The Hall–Kier alpha value is -1.75. The molecule has 5 heteroatoms. The fourth-order valence-corrected chi connectivity index (χ4v) is 1.48. The molecule has 0 aromatic heterocycles. The predicted octanol–water partition coefficient (Wildman–Crippen LogP) is 2.00. The molecular formula is C14H22N2O3. The summed E-state index contributed by atoms with van der Waals surface area (Å²) in [6.45, 7) is 4.45. The van der Waals surface area contributed by atoms with Crippen molar-refractivity contribution < 1.29 is 14.6 Å². The Morgan fingerprint density at radius 3 is 2.53 bits per heavy atom. The topological polar surface area (TPSA) is 61.8 Å². The van der Waals surface area contributed by atoms with Crippen molar-refractivity contribution in [3.8, 4) is 5.75 Å². The zero-order valence-electron chi connectivity index (χ0n) is 11.7. The standard InChI is InChI=1S/C14H22N2O3/c1-11(2)15-14(18)16(3)12-5-7-13(8-6-12)19-10-4-9-17/h5-8,11,17H,4,9-10H2,1-3H3,(H,15,18). The lowest BCUT2D eigenvalue weighted by Crippen LogP contribution is -2.40. The molecule has 0 saturated carbocycles. The van der Waals surface area contributed by atoms with E-state index in [9.17, 15) is 4.79 Å². The Morgan fingerprint density at radius 1 is 1.37 bits per heavy atom. The fraction of sp³-hybridized carbons (Fsp3) is 0.500. The first-order chi connectivity index (χ1) is 9.04. The number of hydrogen-bond donors (Lipinski definition) is 2. The van der Waals surface area contributed by atoms with Crippen LogP contribution in [0.25, 0.3) is 0 Å². The lowest BCUT2D eigenvalue weighted by Gasteiger charge is -2.20. The van der Waals surface area contributed by atoms with Crippen LogP contribution in [-0.4, -0.2) is 37.4 Å². The quantitative estimate of drug-likeness (QED) is 0.774. The maximum atomic E-state index is 11.8. The van der Waals surface area contributed by atoms with Gasteiger partial charge in [0.1, 0.15) is 5.75 Å². The van der Waals surface area contributed by atoms with Crippen molar-refractivity contribution in [1.82, 2.24) is 5.32 Å². The highest BCUT2D eigenvalue weighted by Gasteiger charge is 2.11. The number of rotatable bonds is 6. The molecule has 0 heterocycles. The van der Waals surface area contributed by atoms with Gasteiger partial charge in [-0.1, -0.05) is 0 Å². The second-order valence-electron chi connectivity index (χ2n) is 4.58. The maximum absolute atomic E-state index is 11.8. The molecule has 1 aromatic carbocycles. The Labute approximate surface area is 114 Å². The van der Waals surface area contributed by atoms with Crippen LogP contribution in [0.3, 0.4) is 0 Å². The smallest absolute Gasteiger partial charge is 0.321 e. The Bertz CT molecular complexity index is 390. The first-order valence-corrected chi connectivity index (χ1v) is 6.42. The minimum absolute atomic E-state index is 0.107. The van der Waals surface area contributed by atoms with Crippen molar-refractivity contribution in [1.29, 1.82) is 0 Å². The van der Waals surface area contributed by atoms with Crippen molar-refractivity contribution >= 4 is 11.7 Å². The van der Waals surface area contributed by atoms with Gasteiger partial charge in [0.05, 0.1) is 6.61 Å². The van der Waals surface area contributed by atoms with Crippen LogP contribution in [0.1, 0.15) is 20.3 Å². The van der Waals surface area contributed by atoms with Crippen LogP contribution in [0.5, 0.6) is 5.75 Å². The summed E-state index contributed by atoms with van der Waals surface area (Å²) in [6.07, 6.45) is 0.610. The minimum Gasteiger partial charge on any atom is -0.494 e. The average molecular weight is 266 g/mol. The predicted molar refractivity (Wildman–Crippen MR) is 75.7 cm³/mol. The normalized spacial score (nSPS) is 10.4. The van der Waals surface area contributed by atoms with E-state index < -0.39 is 0 Å². The molecule has 0 unspecified atom stereocenters. The number of anilines is 1.